The van der Waals surface area contributed by atoms with Gasteiger partial charge in [0.05, 0.1) is 30.0 Å². The second-order valence-corrected chi connectivity index (χ2v) is 11.6. The molecule has 2 bridgehead atoms. The van der Waals surface area contributed by atoms with Gasteiger partial charge in [0.15, 0.2) is 0 Å². The van der Waals surface area contributed by atoms with Crippen molar-refractivity contribution < 1.29 is 33.8 Å². The molecule has 5 rings (SSSR count). The Morgan fingerprint density at radius 3 is 2.84 bits per heavy atom. The summed E-state index contributed by atoms with van der Waals surface area (Å²) in [5.41, 5.74) is 0.212. The maximum absolute atomic E-state index is 14.4. The van der Waals surface area contributed by atoms with E-state index in [-0.39, 0.29) is 63.5 Å². The van der Waals surface area contributed by atoms with Crippen LogP contribution < -0.4 is 5.32 Å². The monoisotopic (exact) mass is 608 g/mol. The van der Waals surface area contributed by atoms with Crippen molar-refractivity contribution in [2.24, 2.45) is 11.8 Å². The number of hydrogen-bond acceptors (Lipinski definition) is 9. The molecule has 0 unspecified atom stereocenters. The highest BCUT2D eigenvalue weighted by Crippen LogP contribution is 2.58. The first-order valence-electron chi connectivity index (χ1n) is 15.1. The number of aliphatic hydroxyl groups is 1. The second kappa shape index (κ2) is 13.3. The largest absolute Gasteiger partial charge is 0.460 e. The number of benzene rings is 1. The standard InChI is InChI=1S/C31H40N6O7/c1-4-6-12-24(39)32-18-20(3)43-30(42)25-23-13-14-31(44-23)26(25)28(40)36(16-9-17-38)27(31)29(41)35(15-5-2)19-37-22-11-8-7-10-21(22)33-34-37/h4-5,7-8,10-11,20,23,25-27,38H,1-2,6,9,12-19H2,3H3,(H,32,39)/t20-,23+,25-,26-,27+,31-/m0/s1. The Morgan fingerprint density at radius 2 is 2.09 bits per heavy atom. The SMILES string of the molecule is C=CCCC(=O)NC[C@H](C)OC(=O)[C@@H]1[C@H]2C(=O)N(CCCO)[C@H](C(=O)N(CC=C)Cn3nnc4ccccc43)[C@]23CC[C@H]1O3. The number of likely N-dealkylation sites (tertiary alicyclic amines) is 1. The van der Waals surface area contributed by atoms with E-state index >= 15 is 0 Å². The molecule has 6 atom stereocenters. The zero-order valence-electron chi connectivity index (χ0n) is 25.0. The van der Waals surface area contributed by atoms with Gasteiger partial charge in [-0.25, -0.2) is 4.68 Å². The third-order valence-corrected chi connectivity index (χ3v) is 8.73. The number of aliphatic hydroxyl groups excluding tert-OH is 1. The first-order valence-corrected chi connectivity index (χ1v) is 15.1. The molecule has 3 amide bonds. The molecular weight excluding hydrogens is 568 g/mol. The van der Waals surface area contributed by atoms with Crippen LogP contribution in [0.25, 0.3) is 11.0 Å². The van der Waals surface area contributed by atoms with Crippen LogP contribution in [0.1, 0.15) is 39.0 Å². The average Bonchev–Trinajstić information content (AvgIpc) is 3.77. The maximum atomic E-state index is 14.4. The van der Waals surface area contributed by atoms with Gasteiger partial charge >= 0.3 is 5.97 Å². The van der Waals surface area contributed by atoms with Crippen molar-refractivity contribution in [3.63, 3.8) is 0 Å². The number of aromatic nitrogens is 3. The molecule has 1 spiro atoms. The van der Waals surface area contributed by atoms with Crippen molar-refractivity contribution in [3.8, 4) is 0 Å². The van der Waals surface area contributed by atoms with Gasteiger partial charge in [-0.1, -0.05) is 29.5 Å². The Hall–Kier alpha value is -4.10. The topological polar surface area (TPSA) is 156 Å². The van der Waals surface area contributed by atoms with Gasteiger partial charge in [-0.05, 0) is 44.7 Å². The summed E-state index contributed by atoms with van der Waals surface area (Å²) in [4.78, 5) is 57.0. The van der Waals surface area contributed by atoms with Gasteiger partial charge in [0, 0.05) is 26.1 Å². The molecule has 0 aliphatic carbocycles. The van der Waals surface area contributed by atoms with Crippen molar-refractivity contribution in [2.75, 3.05) is 26.2 Å². The quantitative estimate of drug-likeness (QED) is 0.224. The van der Waals surface area contributed by atoms with Gasteiger partial charge in [0.1, 0.15) is 29.9 Å². The van der Waals surface area contributed by atoms with E-state index in [1.54, 1.807) is 28.7 Å². The highest BCUT2D eigenvalue weighted by Gasteiger charge is 2.75. The van der Waals surface area contributed by atoms with Gasteiger partial charge in [-0.3, -0.25) is 19.2 Å². The molecular formula is C31H40N6O7. The van der Waals surface area contributed by atoms with Crippen LogP contribution >= 0.6 is 0 Å². The molecule has 3 saturated heterocycles. The summed E-state index contributed by atoms with van der Waals surface area (Å²) in [5.74, 6) is -3.29. The Morgan fingerprint density at radius 1 is 1.30 bits per heavy atom. The molecule has 0 saturated carbocycles. The Bertz CT molecular complexity index is 1430. The minimum absolute atomic E-state index is 0.0651. The van der Waals surface area contributed by atoms with Gasteiger partial charge in [0.2, 0.25) is 17.7 Å². The van der Waals surface area contributed by atoms with Crippen molar-refractivity contribution in [1.82, 2.24) is 30.1 Å². The fraction of sp³-hybridized carbons (Fsp3) is 0.548. The molecule has 236 valence electrons. The van der Waals surface area contributed by atoms with Crippen LogP contribution in [-0.2, 0) is 35.3 Å². The van der Waals surface area contributed by atoms with E-state index < -0.39 is 41.7 Å². The van der Waals surface area contributed by atoms with Crippen LogP contribution in [0.5, 0.6) is 0 Å². The zero-order valence-corrected chi connectivity index (χ0v) is 25.0. The maximum Gasteiger partial charge on any atom is 0.312 e. The molecule has 13 nitrogen and oxygen atoms in total. The molecule has 0 radical (unpaired) electrons. The Kier molecular flexibility index (Phi) is 9.45. The number of nitrogens with one attached hydrogen (secondary N) is 1. The second-order valence-electron chi connectivity index (χ2n) is 11.6. The number of amides is 3. The summed E-state index contributed by atoms with van der Waals surface area (Å²) in [5, 5.41) is 20.8. The Balaban J connectivity index is 1.38. The number of esters is 1. The van der Waals surface area contributed by atoms with Crippen LogP contribution in [0.4, 0.5) is 0 Å². The lowest BCUT2D eigenvalue weighted by Crippen LogP contribution is -2.56. The molecule has 3 fully saturated rings. The minimum Gasteiger partial charge on any atom is -0.460 e. The number of hydrogen-bond donors (Lipinski definition) is 2. The summed E-state index contributed by atoms with van der Waals surface area (Å²) >= 11 is 0. The molecule has 2 aromatic rings. The van der Waals surface area contributed by atoms with Gasteiger partial charge in [0.25, 0.3) is 0 Å². The highest BCUT2D eigenvalue weighted by atomic mass is 16.6. The molecule has 1 aromatic heterocycles. The molecule has 1 aromatic carbocycles. The van der Waals surface area contributed by atoms with E-state index in [9.17, 15) is 24.3 Å². The minimum atomic E-state index is -1.22. The summed E-state index contributed by atoms with van der Waals surface area (Å²) in [7, 11) is 0. The first-order chi connectivity index (χ1) is 21.2. The van der Waals surface area contributed by atoms with Crippen LogP contribution in [0.3, 0.4) is 0 Å². The predicted octanol–water partition coefficient (Wildman–Crippen LogP) is 1.17. The summed E-state index contributed by atoms with van der Waals surface area (Å²) in [6, 6.07) is 6.40. The van der Waals surface area contributed by atoms with Crippen molar-refractivity contribution >= 4 is 34.7 Å². The number of nitrogens with zero attached hydrogens (tertiary/aromatic N) is 5. The fourth-order valence-corrected chi connectivity index (χ4v) is 6.81. The van der Waals surface area contributed by atoms with Crippen molar-refractivity contribution in [1.29, 1.82) is 0 Å². The van der Waals surface area contributed by atoms with Crippen molar-refractivity contribution in [2.45, 2.75) is 69.5 Å². The number of rotatable bonds is 15. The van der Waals surface area contributed by atoms with Crippen LogP contribution in [-0.4, -0.2) is 104 Å². The van der Waals surface area contributed by atoms with E-state index in [2.05, 4.69) is 28.8 Å². The third-order valence-electron chi connectivity index (χ3n) is 8.73. The molecule has 44 heavy (non-hydrogen) atoms. The van der Waals surface area contributed by atoms with Gasteiger partial charge in [-0.15, -0.1) is 18.3 Å². The van der Waals surface area contributed by atoms with E-state index in [0.29, 0.717) is 24.8 Å². The fourth-order valence-electron chi connectivity index (χ4n) is 6.81. The lowest BCUT2D eigenvalue weighted by atomic mass is 9.70. The number of carbonyl (C=O) groups is 4. The highest BCUT2D eigenvalue weighted by molar-refractivity contribution is 5.98. The number of fused-ring (bicyclic) bond motifs is 2. The number of para-hydroxylation sites is 1. The van der Waals surface area contributed by atoms with Gasteiger partial charge < -0.3 is 29.7 Å². The molecule has 13 heteroatoms. The van der Waals surface area contributed by atoms with E-state index in [0.717, 1.165) is 5.52 Å². The molecule has 3 aliphatic heterocycles. The van der Waals surface area contributed by atoms with E-state index in [1.165, 1.54) is 4.90 Å². The third kappa shape index (κ3) is 5.73. The van der Waals surface area contributed by atoms with Crippen LogP contribution in [0, 0.1) is 11.8 Å². The molecule has 4 heterocycles. The zero-order chi connectivity index (χ0) is 31.4. The summed E-state index contributed by atoms with van der Waals surface area (Å²) in [6.07, 6.45) is 4.05. The number of ether oxygens (including phenoxy) is 2. The lowest BCUT2D eigenvalue weighted by Gasteiger charge is -2.36. The Labute approximate surface area is 255 Å². The normalized spacial score (nSPS) is 26.0. The molecule has 2 N–H and O–H groups in total. The van der Waals surface area contributed by atoms with Crippen LogP contribution in [0.2, 0.25) is 0 Å². The first kappa shape index (κ1) is 31.3. The lowest BCUT2D eigenvalue weighted by molar-refractivity contribution is -0.159. The van der Waals surface area contributed by atoms with E-state index in [4.69, 9.17) is 9.47 Å². The summed E-state index contributed by atoms with van der Waals surface area (Å²) < 4.78 is 13.8. The predicted molar refractivity (Wildman–Crippen MR) is 158 cm³/mol. The van der Waals surface area contributed by atoms with Gasteiger partial charge in [-0.2, -0.15) is 0 Å². The number of allylic oxidation sites excluding steroid dienone is 1. The van der Waals surface area contributed by atoms with E-state index in [1.807, 2.05) is 24.3 Å². The average molecular weight is 609 g/mol. The van der Waals surface area contributed by atoms with Crippen molar-refractivity contribution in [3.05, 3.63) is 49.6 Å². The van der Waals surface area contributed by atoms with Crippen LogP contribution in [0.15, 0.2) is 49.6 Å². The smallest absolute Gasteiger partial charge is 0.312 e. The molecule has 3 aliphatic rings. The number of carbonyl (C=O) groups excluding carboxylic acids is 4. The summed E-state index contributed by atoms with van der Waals surface area (Å²) in [6.45, 7) is 9.43.